The SMILES string of the molecule is NCc1ccc2nc(CNc3ccccc3)[nH]c2c1. The van der Waals surface area contributed by atoms with Gasteiger partial charge in [0.25, 0.3) is 0 Å². The molecule has 1 aromatic heterocycles. The Morgan fingerprint density at radius 2 is 1.95 bits per heavy atom. The Labute approximate surface area is 111 Å². The summed E-state index contributed by atoms with van der Waals surface area (Å²) >= 11 is 0. The Morgan fingerprint density at radius 3 is 2.74 bits per heavy atom. The highest BCUT2D eigenvalue weighted by molar-refractivity contribution is 5.75. The molecular formula is C15H16N4. The molecule has 0 aliphatic rings. The van der Waals surface area contributed by atoms with E-state index in [1.165, 1.54) is 0 Å². The summed E-state index contributed by atoms with van der Waals surface area (Å²) in [6.45, 7) is 1.23. The van der Waals surface area contributed by atoms with Crippen molar-refractivity contribution in [2.24, 2.45) is 5.73 Å². The van der Waals surface area contributed by atoms with Gasteiger partial charge in [-0.3, -0.25) is 0 Å². The number of nitrogens with zero attached hydrogens (tertiary/aromatic N) is 1. The van der Waals surface area contributed by atoms with Crippen LogP contribution >= 0.6 is 0 Å². The Hall–Kier alpha value is -2.33. The van der Waals surface area contributed by atoms with Crippen LogP contribution in [0.15, 0.2) is 48.5 Å². The van der Waals surface area contributed by atoms with Crippen molar-refractivity contribution in [1.29, 1.82) is 0 Å². The molecule has 4 heteroatoms. The van der Waals surface area contributed by atoms with Crippen LogP contribution in [0.5, 0.6) is 0 Å². The van der Waals surface area contributed by atoms with Crippen LogP contribution < -0.4 is 11.1 Å². The van der Waals surface area contributed by atoms with Crippen LogP contribution in [0.4, 0.5) is 5.69 Å². The zero-order chi connectivity index (χ0) is 13.1. The number of rotatable bonds is 4. The summed E-state index contributed by atoms with van der Waals surface area (Å²) in [5.41, 5.74) is 9.84. The minimum absolute atomic E-state index is 0.548. The van der Waals surface area contributed by atoms with Crippen molar-refractivity contribution in [2.75, 3.05) is 5.32 Å². The van der Waals surface area contributed by atoms with E-state index in [4.69, 9.17) is 5.73 Å². The average Bonchev–Trinajstić information content (AvgIpc) is 2.88. The Bertz CT molecular complexity index is 673. The predicted octanol–water partition coefficient (Wildman–Crippen LogP) is 2.63. The summed E-state index contributed by atoms with van der Waals surface area (Å²) < 4.78 is 0. The molecule has 3 aromatic rings. The van der Waals surface area contributed by atoms with Crippen molar-refractivity contribution in [3.63, 3.8) is 0 Å². The molecular weight excluding hydrogens is 236 g/mol. The van der Waals surface area contributed by atoms with E-state index in [0.717, 1.165) is 28.1 Å². The standard InChI is InChI=1S/C15H16N4/c16-9-11-6-7-13-14(8-11)19-15(18-13)10-17-12-4-2-1-3-5-12/h1-8,17H,9-10,16H2,(H,18,19). The Kier molecular flexibility index (Phi) is 3.16. The van der Waals surface area contributed by atoms with Gasteiger partial charge in [0.1, 0.15) is 5.82 Å². The van der Waals surface area contributed by atoms with Gasteiger partial charge in [-0.15, -0.1) is 0 Å². The number of nitrogens with two attached hydrogens (primary N) is 1. The number of benzene rings is 2. The lowest BCUT2D eigenvalue weighted by molar-refractivity contribution is 1.01. The molecule has 0 saturated heterocycles. The summed E-state index contributed by atoms with van der Waals surface area (Å²) in [5.74, 6) is 0.924. The van der Waals surface area contributed by atoms with Crippen molar-refractivity contribution >= 4 is 16.7 Å². The molecule has 0 amide bonds. The maximum atomic E-state index is 5.64. The molecule has 0 unspecified atom stereocenters. The molecule has 4 N–H and O–H groups in total. The maximum absolute atomic E-state index is 5.64. The summed E-state index contributed by atoms with van der Waals surface area (Å²) in [7, 11) is 0. The quantitative estimate of drug-likeness (QED) is 0.668. The largest absolute Gasteiger partial charge is 0.378 e. The lowest BCUT2D eigenvalue weighted by Gasteiger charge is -2.02. The molecule has 2 aromatic carbocycles. The third-order valence-corrected chi connectivity index (χ3v) is 3.06. The number of aromatic amines is 1. The second-order valence-electron chi connectivity index (χ2n) is 4.46. The molecule has 96 valence electrons. The second-order valence-corrected chi connectivity index (χ2v) is 4.46. The van der Waals surface area contributed by atoms with E-state index >= 15 is 0 Å². The van der Waals surface area contributed by atoms with Crippen molar-refractivity contribution in [3.8, 4) is 0 Å². The highest BCUT2D eigenvalue weighted by Gasteiger charge is 2.03. The Morgan fingerprint density at radius 1 is 1.11 bits per heavy atom. The van der Waals surface area contributed by atoms with Gasteiger partial charge < -0.3 is 16.0 Å². The smallest absolute Gasteiger partial charge is 0.126 e. The number of hydrogen-bond donors (Lipinski definition) is 3. The van der Waals surface area contributed by atoms with E-state index in [0.29, 0.717) is 13.1 Å². The zero-order valence-electron chi connectivity index (χ0n) is 10.6. The minimum atomic E-state index is 0.548. The fourth-order valence-electron chi connectivity index (χ4n) is 2.06. The van der Waals surface area contributed by atoms with Gasteiger partial charge >= 0.3 is 0 Å². The molecule has 0 atom stereocenters. The lowest BCUT2D eigenvalue weighted by atomic mass is 10.2. The molecule has 0 radical (unpaired) electrons. The second kappa shape index (κ2) is 5.12. The molecule has 1 heterocycles. The predicted molar refractivity (Wildman–Crippen MR) is 77.8 cm³/mol. The first-order chi connectivity index (χ1) is 9.35. The summed E-state index contributed by atoms with van der Waals surface area (Å²) in [4.78, 5) is 7.86. The van der Waals surface area contributed by atoms with Gasteiger partial charge in [0.15, 0.2) is 0 Å². The monoisotopic (exact) mass is 252 g/mol. The van der Waals surface area contributed by atoms with E-state index in [1.807, 2.05) is 48.5 Å². The topological polar surface area (TPSA) is 66.7 Å². The molecule has 0 bridgehead atoms. The number of nitrogens with one attached hydrogen (secondary N) is 2. The first kappa shape index (κ1) is 11.7. The van der Waals surface area contributed by atoms with Crippen molar-refractivity contribution in [1.82, 2.24) is 9.97 Å². The van der Waals surface area contributed by atoms with Crippen LogP contribution in [0.25, 0.3) is 11.0 Å². The third-order valence-electron chi connectivity index (χ3n) is 3.06. The minimum Gasteiger partial charge on any atom is -0.378 e. The molecule has 0 saturated carbocycles. The van der Waals surface area contributed by atoms with E-state index in [1.54, 1.807) is 0 Å². The highest BCUT2D eigenvalue weighted by atomic mass is 15.0. The van der Waals surface area contributed by atoms with Gasteiger partial charge in [-0.1, -0.05) is 24.3 Å². The van der Waals surface area contributed by atoms with Gasteiger partial charge in [-0.05, 0) is 29.8 Å². The number of fused-ring (bicyclic) bond motifs is 1. The normalized spacial score (nSPS) is 10.8. The summed E-state index contributed by atoms with van der Waals surface area (Å²) in [5, 5.41) is 3.33. The maximum Gasteiger partial charge on any atom is 0.126 e. The molecule has 4 nitrogen and oxygen atoms in total. The van der Waals surface area contributed by atoms with Gasteiger partial charge in [0.2, 0.25) is 0 Å². The number of para-hydroxylation sites is 1. The average molecular weight is 252 g/mol. The number of imidazole rings is 1. The van der Waals surface area contributed by atoms with Crippen LogP contribution in [-0.4, -0.2) is 9.97 Å². The van der Waals surface area contributed by atoms with Crippen LogP contribution in [-0.2, 0) is 13.1 Å². The highest BCUT2D eigenvalue weighted by Crippen LogP contribution is 2.14. The van der Waals surface area contributed by atoms with E-state index in [9.17, 15) is 0 Å². The van der Waals surface area contributed by atoms with Crippen molar-refractivity contribution in [2.45, 2.75) is 13.1 Å². The van der Waals surface area contributed by atoms with Gasteiger partial charge in [-0.2, -0.15) is 0 Å². The van der Waals surface area contributed by atoms with Crippen molar-refractivity contribution < 1.29 is 0 Å². The number of aromatic nitrogens is 2. The first-order valence-corrected chi connectivity index (χ1v) is 6.31. The number of H-pyrrole nitrogens is 1. The van der Waals surface area contributed by atoms with Gasteiger partial charge in [0, 0.05) is 12.2 Å². The van der Waals surface area contributed by atoms with Gasteiger partial charge in [-0.25, -0.2) is 4.98 Å². The zero-order valence-corrected chi connectivity index (χ0v) is 10.6. The summed E-state index contributed by atoms with van der Waals surface area (Å²) in [6.07, 6.45) is 0. The van der Waals surface area contributed by atoms with Crippen LogP contribution in [0.2, 0.25) is 0 Å². The molecule has 0 aliphatic carbocycles. The van der Waals surface area contributed by atoms with Crippen LogP contribution in [0.1, 0.15) is 11.4 Å². The Balaban J connectivity index is 1.78. The molecule has 0 aliphatic heterocycles. The molecule has 19 heavy (non-hydrogen) atoms. The fourth-order valence-corrected chi connectivity index (χ4v) is 2.06. The van der Waals surface area contributed by atoms with E-state index in [2.05, 4.69) is 15.3 Å². The molecule has 0 spiro atoms. The molecule has 0 fully saturated rings. The van der Waals surface area contributed by atoms with E-state index < -0.39 is 0 Å². The first-order valence-electron chi connectivity index (χ1n) is 6.31. The van der Waals surface area contributed by atoms with Crippen LogP contribution in [0.3, 0.4) is 0 Å². The van der Waals surface area contributed by atoms with Crippen molar-refractivity contribution in [3.05, 3.63) is 59.9 Å². The molecule has 3 rings (SSSR count). The van der Waals surface area contributed by atoms with Crippen LogP contribution in [0, 0.1) is 0 Å². The van der Waals surface area contributed by atoms with Gasteiger partial charge in [0.05, 0.1) is 17.6 Å². The fraction of sp³-hybridized carbons (Fsp3) is 0.133. The van der Waals surface area contributed by atoms with E-state index in [-0.39, 0.29) is 0 Å². The summed E-state index contributed by atoms with van der Waals surface area (Å²) in [6, 6.07) is 16.2. The lowest BCUT2D eigenvalue weighted by Crippen LogP contribution is -2.00. The third kappa shape index (κ3) is 2.58. The number of anilines is 1. The number of hydrogen-bond acceptors (Lipinski definition) is 3.